The third kappa shape index (κ3) is 5.18. The summed E-state index contributed by atoms with van der Waals surface area (Å²) in [6.07, 6.45) is 2.53. The van der Waals surface area contributed by atoms with Crippen LogP contribution in [0.2, 0.25) is 0 Å². The minimum Gasteiger partial charge on any atom is -0.478 e. The predicted octanol–water partition coefficient (Wildman–Crippen LogP) is 2.98. The maximum Gasteiger partial charge on any atom is 0.337 e. The number of nitrogens with zero attached hydrogens (tertiary/aromatic N) is 2. The first kappa shape index (κ1) is 23.5. The zero-order valence-electron chi connectivity index (χ0n) is 18.3. The average molecular weight is 462 g/mol. The number of aryl methyl sites for hydroxylation is 2. The van der Waals surface area contributed by atoms with Crippen molar-refractivity contribution in [1.29, 1.82) is 0 Å². The number of benzene rings is 1. The van der Waals surface area contributed by atoms with Crippen molar-refractivity contribution in [3.8, 4) is 0 Å². The third-order valence-corrected chi connectivity index (χ3v) is 6.85. The maximum absolute atomic E-state index is 13.1. The first-order valence-electron chi connectivity index (χ1n) is 10.4. The second kappa shape index (κ2) is 9.56. The van der Waals surface area contributed by atoms with Crippen LogP contribution in [0.4, 0.5) is 11.5 Å². The summed E-state index contributed by atoms with van der Waals surface area (Å²) in [6, 6.07) is 6.02. The number of carbonyl (C=O) groups is 2. The fourth-order valence-electron chi connectivity index (χ4n) is 3.61. The van der Waals surface area contributed by atoms with Crippen LogP contribution in [0, 0.1) is 19.8 Å². The number of esters is 1. The van der Waals surface area contributed by atoms with Gasteiger partial charge >= 0.3 is 11.9 Å². The summed E-state index contributed by atoms with van der Waals surface area (Å²) in [6.45, 7) is 6.57. The van der Waals surface area contributed by atoms with Crippen molar-refractivity contribution in [3.05, 3.63) is 47.2 Å². The molecule has 0 aliphatic carbocycles. The van der Waals surface area contributed by atoms with Gasteiger partial charge in [-0.15, -0.1) is 0 Å². The van der Waals surface area contributed by atoms with E-state index in [1.165, 1.54) is 18.3 Å². The quantitative estimate of drug-likeness (QED) is 0.603. The standard InChI is InChI=1S/C22H27N3O6S/c1-4-31-22(28)16-6-5-9-25(13-16)20-19(11-17(12-23-20)21(26)27)24-32(29,30)18-8-7-14(2)15(3)10-18/h7-8,10-12,16,24H,4-6,9,13H2,1-3H3,(H,26,27)/t16-/m1/s1. The van der Waals surface area contributed by atoms with Crippen LogP contribution in [0.1, 0.15) is 41.3 Å². The number of pyridine rings is 1. The molecule has 1 fully saturated rings. The number of aromatic carboxylic acids is 1. The van der Waals surface area contributed by atoms with E-state index < -0.39 is 16.0 Å². The zero-order chi connectivity index (χ0) is 23.5. The van der Waals surface area contributed by atoms with Crippen molar-refractivity contribution >= 4 is 33.5 Å². The number of carboxylic acid groups (broad SMARTS) is 1. The SMILES string of the molecule is CCOC(=O)[C@@H]1CCCN(c2ncc(C(=O)O)cc2NS(=O)(=O)c2ccc(C)c(C)c2)C1. The fraction of sp³-hybridized carbons (Fsp3) is 0.409. The van der Waals surface area contributed by atoms with Gasteiger partial charge < -0.3 is 14.7 Å². The highest BCUT2D eigenvalue weighted by molar-refractivity contribution is 7.92. The van der Waals surface area contributed by atoms with Gasteiger partial charge in [-0.1, -0.05) is 6.07 Å². The largest absolute Gasteiger partial charge is 0.478 e. The van der Waals surface area contributed by atoms with Gasteiger partial charge in [0.25, 0.3) is 10.0 Å². The highest BCUT2D eigenvalue weighted by atomic mass is 32.2. The summed E-state index contributed by atoms with van der Waals surface area (Å²) in [5, 5.41) is 9.37. The van der Waals surface area contributed by atoms with Crippen molar-refractivity contribution in [2.75, 3.05) is 29.3 Å². The van der Waals surface area contributed by atoms with E-state index in [9.17, 15) is 23.1 Å². The van der Waals surface area contributed by atoms with Crippen LogP contribution in [0.5, 0.6) is 0 Å². The van der Waals surface area contributed by atoms with Crippen LogP contribution in [0.3, 0.4) is 0 Å². The van der Waals surface area contributed by atoms with Crippen molar-refractivity contribution in [2.24, 2.45) is 5.92 Å². The van der Waals surface area contributed by atoms with Gasteiger partial charge in [-0.3, -0.25) is 9.52 Å². The van der Waals surface area contributed by atoms with Gasteiger partial charge in [0.15, 0.2) is 5.82 Å². The molecule has 1 aromatic carbocycles. The molecule has 2 N–H and O–H groups in total. The third-order valence-electron chi connectivity index (χ3n) is 5.49. The Bertz CT molecular complexity index is 1130. The van der Waals surface area contributed by atoms with E-state index in [0.717, 1.165) is 11.1 Å². The van der Waals surface area contributed by atoms with Crippen LogP contribution >= 0.6 is 0 Å². The van der Waals surface area contributed by atoms with Crippen LogP contribution in [0.25, 0.3) is 0 Å². The van der Waals surface area contributed by atoms with Gasteiger partial charge in [-0.25, -0.2) is 18.2 Å². The molecule has 0 bridgehead atoms. The van der Waals surface area contributed by atoms with E-state index in [1.807, 2.05) is 13.8 Å². The van der Waals surface area contributed by atoms with E-state index in [-0.39, 0.29) is 40.5 Å². The second-order valence-corrected chi connectivity index (χ2v) is 9.47. The van der Waals surface area contributed by atoms with E-state index in [1.54, 1.807) is 24.0 Å². The van der Waals surface area contributed by atoms with Gasteiger partial charge in [0.2, 0.25) is 0 Å². The molecule has 0 amide bonds. The van der Waals surface area contributed by atoms with Gasteiger partial charge in [-0.2, -0.15) is 0 Å². The van der Waals surface area contributed by atoms with Crippen LogP contribution in [0.15, 0.2) is 35.4 Å². The molecule has 2 aromatic rings. The second-order valence-electron chi connectivity index (χ2n) is 7.79. The zero-order valence-corrected chi connectivity index (χ0v) is 19.1. The molecule has 0 radical (unpaired) electrons. The predicted molar refractivity (Wildman–Crippen MR) is 119 cm³/mol. The molecule has 3 rings (SSSR count). The minimum atomic E-state index is -4.00. The normalized spacial score (nSPS) is 16.5. The Morgan fingerprint density at radius 1 is 1.25 bits per heavy atom. The number of aromatic nitrogens is 1. The Kier molecular flexibility index (Phi) is 7.02. The number of nitrogens with one attached hydrogen (secondary N) is 1. The molecule has 1 atom stereocenters. The molecule has 32 heavy (non-hydrogen) atoms. The lowest BCUT2D eigenvalue weighted by Gasteiger charge is -2.33. The van der Waals surface area contributed by atoms with Crippen LogP contribution in [-0.2, 0) is 19.6 Å². The van der Waals surface area contributed by atoms with E-state index in [4.69, 9.17) is 4.74 Å². The number of piperidine rings is 1. The number of sulfonamides is 1. The molecule has 9 nitrogen and oxygen atoms in total. The number of rotatable bonds is 7. The molecular formula is C22H27N3O6S. The number of hydrogen-bond donors (Lipinski definition) is 2. The van der Waals surface area contributed by atoms with Crippen LogP contribution < -0.4 is 9.62 Å². The lowest BCUT2D eigenvalue weighted by atomic mass is 9.98. The minimum absolute atomic E-state index is 0.0487. The topological polar surface area (TPSA) is 126 Å². The Morgan fingerprint density at radius 2 is 2.00 bits per heavy atom. The summed E-state index contributed by atoms with van der Waals surface area (Å²) in [4.78, 5) is 29.8. The molecular weight excluding hydrogens is 434 g/mol. The Balaban J connectivity index is 1.97. The molecule has 1 aliphatic heterocycles. The van der Waals surface area contributed by atoms with Gasteiger partial charge in [0.1, 0.15) is 0 Å². The number of hydrogen-bond acceptors (Lipinski definition) is 7. The lowest BCUT2D eigenvalue weighted by molar-refractivity contribution is -0.148. The monoisotopic (exact) mass is 461 g/mol. The number of ether oxygens (including phenoxy) is 1. The Labute approximate surface area is 187 Å². The molecule has 10 heteroatoms. The highest BCUT2D eigenvalue weighted by Gasteiger charge is 2.30. The Hall–Kier alpha value is -3.14. The van der Waals surface area contributed by atoms with Crippen LogP contribution in [-0.4, -0.2) is 50.1 Å². The summed E-state index contributed by atoms with van der Waals surface area (Å²) in [7, 11) is -4.00. The number of anilines is 2. The molecule has 1 saturated heterocycles. The maximum atomic E-state index is 13.1. The van der Waals surface area contributed by atoms with Crippen molar-refractivity contribution in [3.63, 3.8) is 0 Å². The van der Waals surface area contributed by atoms with E-state index in [0.29, 0.717) is 25.9 Å². The molecule has 172 valence electrons. The highest BCUT2D eigenvalue weighted by Crippen LogP contribution is 2.31. The van der Waals surface area contributed by atoms with Crippen molar-refractivity contribution in [1.82, 2.24) is 4.98 Å². The fourth-order valence-corrected chi connectivity index (χ4v) is 4.75. The first-order chi connectivity index (χ1) is 15.1. The lowest BCUT2D eigenvalue weighted by Crippen LogP contribution is -2.40. The average Bonchev–Trinajstić information content (AvgIpc) is 2.75. The Morgan fingerprint density at radius 3 is 2.66 bits per heavy atom. The molecule has 0 spiro atoms. The molecule has 1 aromatic heterocycles. The smallest absolute Gasteiger partial charge is 0.337 e. The van der Waals surface area contributed by atoms with Gasteiger partial charge in [0, 0.05) is 19.3 Å². The summed E-state index contributed by atoms with van der Waals surface area (Å²) < 4.78 is 33.8. The van der Waals surface area contributed by atoms with Gasteiger partial charge in [-0.05, 0) is 62.9 Å². The summed E-state index contributed by atoms with van der Waals surface area (Å²) >= 11 is 0. The number of carbonyl (C=O) groups excluding carboxylic acids is 1. The number of carboxylic acids is 1. The molecule has 0 unspecified atom stereocenters. The van der Waals surface area contributed by atoms with E-state index in [2.05, 4.69) is 9.71 Å². The summed E-state index contributed by atoms with van der Waals surface area (Å²) in [5.74, 6) is -1.62. The summed E-state index contributed by atoms with van der Waals surface area (Å²) in [5.41, 5.74) is 1.68. The van der Waals surface area contributed by atoms with Crippen molar-refractivity contribution < 1.29 is 27.9 Å². The first-order valence-corrected chi connectivity index (χ1v) is 11.9. The molecule has 2 heterocycles. The van der Waals surface area contributed by atoms with E-state index >= 15 is 0 Å². The van der Waals surface area contributed by atoms with Crippen molar-refractivity contribution in [2.45, 2.75) is 38.5 Å². The molecule has 1 aliphatic rings. The van der Waals surface area contributed by atoms with Gasteiger partial charge in [0.05, 0.1) is 28.7 Å². The molecule has 0 saturated carbocycles.